The van der Waals surface area contributed by atoms with Gasteiger partial charge in [0.15, 0.2) is 0 Å². The summed E-state index contributed by atoms with van der Waals surface area (Å²) >= 11 is 0. The molecule has 1 heterocycles. The maximum absolute atomic E-state index is 12.1. The molecule has 1 saturated heterocycles. The van der Waals surface area contributed by atoms with Gasteiger partial charge in [-0.05, 0) is 25.8 Å². The minimum Gasteiger partial charge on any atom is -0.352 e. The molecule has 1 aliphatic rings. The Labute approximate surface area is 116 Å². The molecule has 2 N–H and O–H groups in total. The van der Waals surface area contributed by atoms with E-state index < -0.39 is 0 Å². The smallest absolute Gasteiger partial charge is 0.222 e. The predicted molar refractivity (Wildman–Crippen MR) is 75.8 cm³/mol. The molecule has 5 heteroatoms. The van der Waals surface area contributed by atoms with Crippen LogP contribution in [0.5, 0.6) is 0 Å². The Balaban J connectivity index is 2.25. The van der Waals surface area contributed by atoms with E-state index in [4.69, 9.17) is 0 Å². The third kappa shape index (κ3) is 6.57. The van der Waals surface area contributed by atoms with Crippen molar-refractivity contribution in [1.82, 2.24) is 15.5 Å². The standard InChI is InChI=1S/C14H27N3O2/c1-11(2)15-8-4-7-14(19)17-9-5-6-13(10-17)16-12(3)18/h11,13,15H,4-10H2,1-3H3,(H,16,18). The summed E-state index contributed by atoms with van der Waals surface area (Å²) in [6.45, 7) is 8.10. The maximum Gasteiger partial charge on any atom is 0.222 e. The Morgan fingerprint density at radius 1 is 1.37 bits per heavy atom. The summed E-state index contributed by atoms with van der Waals surface area (Å²) in [5, 5.41) is 6.21. The lowest BCUT2D eigenvalue weighted by Crippen LogP contribution is -2.49. The summed E-state index contributed by atoms with van der Waals surface area (Å²) in [4.78, 5) is 25.0. The fourth-order valence-electron chi connectivity index (χ4n) is 2.40. The number of likely N-dealkylation sites (tertiary alicyclic amines) is 1. The molecule has 0 spiro atoms. The summed E-state index contributed by atoms with van der Waals surface area (Å²) in [5.41, 5.74) is 0. The zero-order valence-electron chi connectivity index (χ0n) is 12.4. The van der Waals surface area contributed by atoms with Gasteiger partial charge in [-0.3, -0.25) is 9.59 Å². The van der Waals surface area contributed by atoms with Crippen LogP contribution in [0.15, 0.2) is 0 Å². The lowest BCUT2D eigenvalue weighted by Gasteiger charge is -2.33. The summed E-state index contributed by atoms with van der Waals surface area (Å²) in [7, 11) is 0. The predicted octanol–water partition coefficient (Wildman–Crippen LogP) is 0.892. The van der Waals surface area contributed by atoms with Crippen molar-refractivity contribution in [2.45, 2.75) is 58.5 Å². The number of nitrogens with zero attached hydrogens (tertiary/aromatic N) is 1. The Morgan fingerprint density at radius 2 is 2.11 bits per heavy atom. The number of rotatable bonds is 6. The number of nitrogens with one attached hydrogen (secondary N) is 2. The Bertz CT molecular complexity index is 305. The van der Waals surface area contributed by atoms with E-state index >= 15 is 0 Å². The van der Waals surface area contributed by atoms with Crippen molar-refractivity contribution in [3.63, 3.8) is 0 Å². The Kier molecular flexibility index (Phi) is 6.84. The van der Waals surface area contributed by atoms with E-state index in [2.05, 4.69) is 24.5 Å². The van der Waals surface area contributed by atoms with Gasteiger partial charge in [-0.2, -0.15) is 0 Å². The lowest BCUT2D eigenvalue weighted by molar-refractivity contribution is -0.133. The van der Waals surface area contributed by atoms with E-state index in [1.54, 1.807) is 0 Å². The van der Waals surface area contributed by atoms with Gasteiger partial charge in [0.2, 0.25) is 11.8 Å². The third-order valence-corrected chi connectivity index (χ3v) is 3.30. The molecule has 1 fully saturated rings. The minimum absolute atomic E-state index is 0.0135. The largest absolute Gasteiger partial charge is 0.352 e. The molecule has 0 aromatic heterocycles. The van der Waals surface area contributed by atoms with Gasteiger partial charge >= 0.3 is 0 Å². The molecule has 0 aliphatic carbocycles. The Hall–Kier alpha value is -1.10. The number of carbonyl (C=O) groups is 2. The van der Waals surface area contributed by atoms with Gasteiger partial charge in [-0.25, -0.2) is 0 Å². The average Bonchev–Trinajstić information content (AvgIpc) is 2.33. The number of carbonyl (C=O) groups excluding carboxylic acids is 2. The number of amides is 2. The van der Waals surface area contributed by atoms with Crippen molar-refractivity contribution in [2.75, 3.05) is 19.6 Å². The molecule has 0 aromatic rings. The molecule has 1 unspecified atom stereocenters. The van der Waals surface area contributed by atoms with Gasteiger partial charge in [0.05, 0.1) is 0 Å². The van der Waals surface area contributed by atoms with Crippen LogP contribution in [0.1, 0.15) is 46.5 Å². The van der Waals surface area contributed by atoms with Crippen LogP contribution in [-0.2, 0) is 9.59 Å². The van der Waals surface area contributed by atoms with E-state index in [9.17, 15) is 9.59 Å². The van der Waals surface area contributed by atoms with Gasteiger partial charge in [-0.15, -0.1) is 0 Å². The molecule has 1 aliphatic heterocycles. The van der Waals surface area contributed by atoms with Crippen molar-refractivity contribution in [2.24, 2.45) is 0 Å². The van der Waals surface area contributed by atoms with E-state index in [1.165, 1.54) is 6.92 Å². The zero-order valence-corrected chi connectivity index (χ0v) is 12.4. The number of piperidine rings is 1. The van der Waals surface area contributed by atoms with Gasteiger partial charge in [0, 0.05) is 38.5 Å². The van der Waals surface area contributed by atoms with Crippen LogP contribution in [0.3, 0.4) is 0 Å². The number of hydrogen-bond acceptors (Lipinski definition) is 3. The second-order valence-corrected chi connectivity index (χ2v) is 5.59. The van der Waals surface area contributed by atoms with Crippen molar-refractivity contribution >= 4 is 11.8 Å². The van der Waals surface area contributed by atoms with Crippen LogP contribution < -0.4 is 10.6 Å². The SMILES string of the molecule is CC(=O)NC1CCCN(C(=O)CCCNC(C)C)C1. The Morgan fingerprint density at radius 3 is 2.74 bits per heavy atom. The summed E-state index contributed by atoms with van der Waals surface area (Å²) in [6, 6.07) is 0.596. The molecule has 110 valence electrons. The summed E-state index contributed by atoms with van der Waals surface area (Å²) in [5.74, 6) is 0.195. The van der Waals surface area contributed by atoms with Crippen molar-refractivity contribution in [3.05, 3.63) is 0 Å². The second-order valence-electron chi connectivity index (χ2n) is 5.59. The zero-order chi connectivity index (χ0) is 14.3. The van der Waals surface area contributed by atoms with E-state index in [0.29, 0.717) is 19.0 Å². The highest BCUT2D eigenvalue weighted by molar-refractivity contribution is 5.77. The number of hydrogen-bond donors (Lipinski definition) is 2. The van der Waals surface area contributed by atoms with Crippen LogP contribution in [0, 0.1) is 0 Å². The van der Waals surface area contributed by atoms with Gasteiger partial charge in [-0.1, -0.05) is 13.8 Å². The van der Waals surface area contributed by atoms with Crippen molar-refractivity contribution in [3.8, 4) is 0 Å². The van der Waals surface area contributed by atoms with Crippen molar-refractivity contribution < 1.29 is 9.59 Å². The molecule has 1 rings (SSSR count). The van der Waals surface area contributed by atoms with Gasteiger partial charge in [0.25, 0.3) is 0 Å². The van der Waals surface area contributed by atoms with Crippen LogP contribution in [0.4, 0.5) is 0 Å². The molecule has 2 amide bonds. The third-order valence-electron chi connectivity index (χ3n) is 3.30. The van der Waals surface area contributed by atoms with E-state index in [1.807, 2.05) is 4.90 Å². The monoisotopic (exact) mass is 269 g/mol. The first-order valence-corrected chi connectivity index (χ1v) is 7.27. The lowest BCUT2D eigenvalue weighted by atomic mass is 10.0. The molecule has 5 nitrogen and oxygen atoms in total. The van der Waals surface area contributed by atoms with E-state index in [-0.39, 0.29) is 17.9 Å². The first kappa shape index (κ1) is 16.0. The highest BCUT2D eigenvalue weighted by Gasteiger charge is 2.23. The van der Waals surface area contributed by atoms with Crippen LogP contribution >= 0.6 is 0 Å². The van der Waals surface area contributed by atoms with Crippen molar-refractivity contribution in [1.29, 1.82) is 0 Å². The maximum atomic E-state index is 12.1. The average molecular weight is 269 g/mol. The molecule has 0 radical (unpaired) electrons. The normalized spacial score (nSPS) is 19.6. The molecule has 19 heavy (non-hydrogen) atoms. The van der Waals surface area contributed by atoms with Gasteiger partial charge < -0.3 is 15.5 Å². The summed E-state index contributed by atoms with van der Waals surface area (Å²) in [6.07, 6.45) is 3.41. The highest BCUT2D eigenvalue weighted by atomic mass is 16.2. The topological polar surface area (TPSA) is 61.4 Å². The molecular formula is C14H27N3O2. The fourth-order valence-corrected chi connectivity index (χ4v) is 2.40. The molecule has 0 aromatic carbocycles. The minimum atomic E-state index is -0.0135. The molecule has 0 bridgehead atoms. The van der Waals surface area contributed by atoms with Crippen LogP contribution in [-0.4, -0.2) is 48.4 Å². The first-order valence-electron chi connectivity index (χ1n) is 7.27. The quantitative estimate of drug-likeness (QED) is 0.704. The second kappa shape index (κ2) is 8.15. The molecule has 1 atom stereocenters. The highest BCUT2D eigenvalue weighted by Crippen LogP contribution is 2.11. The van der Waals surface area contributed by atoms with Gasteiger partial charge in [0.1, 0.15) is 0 Å². The van der Waals surface area contributed by atoms with Crippen LogP contribution in [0.25, 0.3) is 0 Å². The van der Waals surface area contributed by atoms with Crippen LogP contribution in [0.2, 0.25) is 0 Å². The molecular weight excluding hydrogens is 242 g/mol. The first-order chi connectivity index (χ1) is 8.99. The summed E-state index contributed by atoms with van der Waals surface area (Å²) < 4.78 is 0. The molecule has 0 saturated carbocycles. The fraction of sp³-hybridized carbons (Fsp3) is 0.857. The van der Waals surface area contributed by atoms with E-state index in [0.717, 1.165) is 32.4 Å².